The highest BCUT2D eigenvalue weighted by atomic mass is 35.5. The fourth-order valence-corrected chi connectivity index (χ4v) is 3.19. The van der Waals surface area contributed by atoms with Gasteiger partial charge in [0.15, 0.2) is 0 Å². The van der Waals surface area contributed by atoms with Gasteiger partial charge in [-0.05, 0) is 25.1 Å². The molecule has 1 atom stereocenters. The maximum absolute atomic E-state index is 13.8. The first-order valence-electron chi connectivity index (χ1n) is 8.05. The Balaban J connectivity index is 2.00. The van der Waals surface area contributed by atoms with E-state index in [1.165, 1.54) is 18.2 Å². The molecule has 0 bridgehead atoms. The van der Waals surface area contributed by atoms with E-state index in [9.17, 15) is 9.18 Å². The van der Waals surface area contributed by atoms with Gasteiger partial charge in [0.05, 0.1) is 10.6 Å². The molecule has 0 aromatic heterocycles. The molecule has 1 saturated heterocycles. The van der Waals surface area contributed by atoms with Gasteiger partial charge in [0.25, 0.3) is 5.91 Å². The predicted octanol–water partition coefficient (Wildman–Crippen LogP) is 2.48. The Bertz CT molecular complexity index is 524. The van der Waals surface area contributed by atoms with Crippen molar-refractivity contribution >= 4 is 17.5 Å². The van der Waals surface area contributed by atoms with Crippen molar-refractivity contribution in [2.24, 2.45) is 5.92 Å². The average molecular weight is 342 g/mol. The Morgan fingerprint density at radius 3 is 2.52 bits per heavy atom. The molecule has 1 heterocycles. The average Bonchev–Trinajstić information content (AvgIpc) is 2.48. The molecule has 1 fully saturated rings. The summed E-state index contributed by atoms with van der Waals surface area (Å²) >= 11 is 5.95. The zero-order valence-corrected chi connectivity index (χ0v) is 14.7. The lowest BCUT2D eigenvalue weighted by atomic mass is 10.0. The number of carbonyl (C=O) groups is 1. The molecule has 2 rings (SSSR count). The van der Waals surface area contributed by atoms with Crippen LogP contribution in [-0.2, 0) is 0 Å². The second-order valence-electron chi connectivity index (χ2n) is 6.46. The summed E-state index contributed by atoms with van der Waals surface area (Å²) < 4.78 is 13.8. The maximum Gasteiger partial charge on any atom is 0.255 e. The molecule has 0 aliphatic carbocycles. The van der Waals surface area contributed by atoms with E-state index in [0.29, 0.717) is 12.5 Å². The zero-order valence-electron chi connectivity index (χ0n) is 14.0. The second-order valence-corrected chi connectivity index (χ2v) is 6.86. The monoisotopic (exact) mass is 341 g/mol. The minimum absolute atomic E-state index is 0.0740. The van der Waals surface area contributed by atoms with Crippen LogP contribution in [0.15, 0.2) is 18.2 Å². The van der Waals surface area contributed by atoms with Crippen LogP contribution in [0, 0.1) is 11.7 Å². The highest BCUT2D eigenvalue weighted by Gasteiger charge is 2.26. The van der Waals surface area contributed by atoms with Crippen molar-refractivity contribution in [1.82, 2.24) is 15.1 Å². The number of nitrogens with zero attached hydrogens (tertiary/aromatic N) is 2. The van der Waals surface area contributed by atoms with Gasteiger partial charge in [-0.25, -0.2) is 4.39 Å². The van der Waals surface area contributed by atoms with Gasteiger partial charge in [0.1, 0.15) is 5.82 Å². The van der Waals surface area contributed by atoms with Gasteiger partial charge in [0.2, 0.25) is 0 Å². The van der Waals surface area contributed by atoms with Crippen LogP contribution >= 0.6 is 11.6 Å². The van der Waals surface area contributed by atoms with Gasteiger partial charge in [-0.2, -0.15) is 0 Å². The van der Waals surface area contributed by atoms with Crippen LogP contribution < -0.4 is 5.32 Å². The second kappa shape index (κ2) is 8.08. The van der Waals surface area contributed by atoms with Gasteiger partial charge in [0, 0.05) is 38.8 Å². The first-order chi connectivity index (χ1) is 10.9. The molecule has 0 spiro atoms. The van der Waals surface area contributed by atoms with Crippen LogP contribution in [0.1, 0.15) is 24.2 Å². The van der Waals surface area contributed by atoms with Gasteiger partial charge in [-0.3, -0.25) is 9.69 Å². The fraction of sp³-hybridized carbons (Fsp3) is 0.588. The molecule has 1 aromatic carbocycles. The minimum atomic E-state index is -0.587. The van der Waals surface area contributed by atoms with Crippen molar-refractivity contribution in [3.05, 3.63) is 34.6 Å². The highest BCUT2D eigenvalue weighted by molar-refractivity contribution is 6.33. The largest absolute Gasteiger partial charge is 0.350 e. The van der Waals surface area contributed by atoms with E-state index in [-0.39, 0.29) is 16.6 Å². The van der Waals surface area contributed by atoms with E-state index in [1.54, 1.807) is 0 Å². The molecular weight excluding hydrogens is 317 g/mol. The third kappa shape index (κ3) is 4.66. The van der Waals surface area contributed by atoms with Gasteiger partial charge >= 0.3 is 0 Å². The molecule has 6 heteroatoms. The molecule has 1 N–H and O–H groups in total. The van der Waals surface area contributed by atoms with Gasteiger partial charge in [-0.1, -0.05) is 31.5 Å². The molecule has 23 heavy (non-hydrogen) atoms. The Morgan fingerprint density at radius 2 is 1.96 bits per heavy atom. The Kier molecular flexibility index (Phi) is 6.39. The molecule has 4 nitrogen and oxygen atoms in total. The van der Waals surface area contributed by atoms with E-state index in [4.69, 9.17) is 11.6 Å². The Morgan fingerprint density at radius 1 is 1.30 bits per heavy atom. The molecule has 1 amide bonds. The summed E-state index contributed by atoms with van der Waals surface area (Å²) in [5.41, 5.74) is -0.0740. The smallest absolute Gasteiger partial charge is 0.255 e. The van der Waals surface area contributed by atoms with Crippen LogP contribution in [0.5, 0.6) is 0 Å². The Hall–Kier alpha value is -1.17. The highest BCUT2D eigenvalue weighted by Crippen LogP contribution is 2.19. The number of likely N-dealkylation sites (N-methyl/N-ethyl adjacent to an activating group) is 1. The predicted molar refractivity (Wildman–Crippen MR) is 91.4 cm³/mol. The minimum Gasteiger partial charge on any atom is -0.350 e. The van der Waals surface area contributed by atoms with Crippen LogP contribution in [-0.4, -0.2) is 61.5 Å². The number of piperazine rings is 1. The van der Waals surface area contributed by atoms with Crippen LogP contribution in [0.25, 0.3) is 0 Å². The van der Waals surface area contributed by atoms with Crippen LogP contribution in [0.2, 0.25) is 5.02 Å². The van der Waals surface area contributed by atoms with E-state index >= 15 is 0 Å². The summed E-state index contributed by atoms with van der Waals surface area (Å²) in [5, 5.41) is 2.99. The maximum atomic E-state index is 13.8. The number of hydrogen-bond donors (Lipinski definition) is 1. The lowest BCUT2D eigenvalue weighted by molar-refractivity contribution is 0.0789. The fourth-order valence-electron chi connectivity index (χ4n) is 2.94. The summed E-state index contributed by atoms with van der Waals surface area (Å²) in [6.07, 6.45) is 0. The van der Waals surface area contributed by atoms with Crippen molar-refractivity contribution in [3.63, 3.8) is 0 Å². The lowest BCUT2D eigenvalue weighted by Crippen LogP contribution is -2.54. The van der Waals surface area contributed by atoms with Gasteiger partial charge in [-0.15, -0.1) is 0 Å². The summed E-state index contributed by atoms with van der Waals surface area (Å²) in [7, 11) is 2.11. The number of rotatable bonds is 5. The van der Waals surface area contributed by atoms with Crippen LogP contribution in [0.3, 0.4) is 0 Å². The number of nitrogens with one attached hydrogen (secondary N) is 1. The molecular formula is C17H25ClFN3O. The third-order valence-corrected chi connectivity index (χ3v) is 4.75. The van der Waals surface area contributed by atoms with Crippen molar-refractivity contribution in [3.8, 4) is 0 Å². The quantitative estimate of drug-likeness (QED) is 0.893. The first-order valence-corrected chi connectivity index (χ1v) is 8.42. The molecule has 0 radical (unpaired) electrons. The Labute approximate surface area is 142 Å². The number of benzene rings is 1. The zero-order chi connectivity index (χ0) is 17.0. The normalized spacial score (nSPS) is 18.2. The van der Waals surface area contributed by atoms with E-state index in [2.05, 4.69) is 36.0 Å². The lowest BCUT2D eigenvalue weighted by Gasteiger charge is -2.39. The molecule has 1 aromatic rings. The van der Waals surface area contributed by atoms with E-state index in [0.717, 1.165) is 26.2 Å². The van der Waals surface area contributed by atoms with E-state index in [1.807, 2.05) is 0 Å². The van der Waals surface area contributed by atoms with Crippen molar-refractivity contribution in [2.45, 2.75) is 19.9 Å². The van der Waals surface area contributed by atoms with E-state index < -0.39 is 11.7 Å². The molecule has 1 unspecified atom stereocenters. The molecule has 128 valence electrons. The standard InChI is InChI=1S/C17H25ClFN3O/c1-12(2)15(22-9-7-21(3)8-10-22)11-20-17(23)16-13(18)5-4-6-14(16)19/h4-6,12,15H,7-11H2,1-3H3,(H,20,23). The first kappa shape index (κ1) is 18.2. The van der Waals surface area contributed by atoms with Crippen molar-refractivity contribution < 1.29 is 9.18 Å². The van der Waals surface area contributed by atoms with Crippen molar-refractivity contribution in [2.75, 3.05) is 39.8 Å². The topological polar surface area (TPSA) is 35.6 Å². The SMILES string of the molecule is CC(C)C(CNC(=O)c1c(F)cccc1Cl)N1CCN(C)CC1. The summed E-state index contributed by atoms with van der Waals surface area (Å²) in [6, 6.07) is 4.51. The van der Waals surface area contributed by atoms with Gasteiger partial charge < -0.3 is 10.2 Å². The number of carbonyl (C=O) groups excluding carboxylic acids is 1. The summed E-state index contributed by atoms with van der Waals surface area (Å²) in [5.74, 6) is -0.640. The van der Waals surface area contributed by atoms with Crippen molar-refractivity contribution in [1.29, 1.82) is 0 Å². The van der Waals surface area contributed by atoms with Crippen LogP contribution in [0.4, 0.5) is 4.39 Å². The third-order valence-electron chi connectivity index (χ3n) is 4.44. The summed E-state index contributed by atoms with van der Waals surface area (Å²) in [6.45, 7) is 8.79. The molecule has 1 aliphatic heterocycles. The molecule has 0 saturated carbocycles. The number of amides is 1. The number of halogens is 2. The molecule has 1 aliphatic rings. The summed E-state index contributed by atoms with van der Waals surface area (Å²) in [4.78, 5) is 17.0. The number of hydrogen-bond acceptors (Lipinski definition) is 3.